The van der Waals surface area contributed by atoms with Crippen molar-refractivity contribution in [3.8, 4) is 0 Å². The van der Waals surface area contributed by atoms with E-state index in [2.05, 4.69) is 33.4 Å². The molecule has 0 amide bonds. The summed E-state index contributed by atoms with van der Waals surface area (Å²) in [5.74, 6) is -1.12. The van der Waals surface area contributed by atoms with Crippen LogP contribution in [0.3, 0.4) is 0 Å². The molecule has 138 valence electrons. The summed E-state index contributed by atoms with van der Waals surface area (Å²) < 4.78 is 13.9. The molecule has 0 saturated heterocycles. The molecule has 0 atom stereocenters. The third-order valence-corrected chi connectivity index (χ3v) is 4.08. The topological polar surface area (TPSA) is 88.0 Å². The summed E-state index contributed by atoms with van der Waals surface area (Å²) in [6.45, 7) is 6.80. The second-order valence-corrected chi connectivity index (χ2v) is 6.52. The van der Waals surface area contributed by atoms with Crippen molar-refractivity contribution >= 4 is 34.6 Å². The van der Waals surface area contributed by atoms with Gasteiger partial charge in [-0.05, 0) is 30.9 Å². The predicted molar refractivity (Wildman–Crippen MR) is 102 cm³/mol. The van der Waals surface area contributed by atoms with Gasteiger partial charge in [-0.25, -0.2) is 19.2 Å². The highest BCUT2D eigenvalue weighted by Crippen LogP contribution is 2.43. The van der Waals surface area contributed by atoms with Crippen LogP contribution in [0.15, 0.2) is 54.7 Å². The number of hydrogen-bond donors (Lipinski definition) is 2. The van der Waals surface area contributed by atoms with Crippen LogP contribution in [0.25, 0.3) is 5.57 Å². The van der Waals surface area contributed by atoms with E-state index >= 15 is 0 Å². The maximum absolute atomic E-state index is 13.9. The average Bonchev–Trinajstić information content (AvgIpc) is 3.44. The summed E-state index contributed by atoms with van der Waals surface area (Å²) in [5.41, 5.74) is 1.17. The molecule has 0 aromatic carbocycles. The average molecular weight is 387 g/mol. The molecule has 1 fully saturated rings. The van der Waals surface area contributed by atoms with Crippen molar-refractivity contribution < 1.29 is 14.3 Å². The third kappa shape index (κ3) is 4.38. The second-order valence-electron chi connectivity index (χ2n) is 6.03. The number of halogens is 2. The van der Waals surface area contributed by atoms with E-state index in [1.54, 1.807) is 6.20 Å². The number of anilines is 2. The lowest BCUT2D eigenvalue weighted by atomic mass is 10.1. The van der Waals surface area contributed by atoms with Crippen LogP contribution in [0, 0.1) is 0 Å². The van der Waals surface area contributed by atoms with E-state index in [4.69, 9.17) is 11.6 Å². The first-order valence-corrected chi connectivity index (χ1v) is 8.47. The van der Waals surface area contributed by atoms with Gasteiger partial charge in [-0.1, -0.05) is 24.8 Å². The number of pyridine rings is 1. The van der Waals surface area contributed by atoms with Crippen LogP contribution in [0.5, 0.6) is 0 Å². The highest BCUT2D eigenvalue weighted by molar-refractivity contribution is 6.31. The smallest absolute Gasteiger partial charge is 0.339 e. The summed E-state index contributed by atoms with van der Waals surface area (Å²) in [5, 5.41) is 12.5. The van der Waals surface area contributed by atoms with Gasteiger partial charge >= 0.3 is 5.97 Å². The zero-order valence-electron chi connectivity index (χ0n) is 14.2. The van der Waals surface area contributed by atoms with Crippen LogP contribution in [-0.2, 0) is 0 Å². The molecule has 2 aromatic heterocycles. The molecular weight excluding hydrogens is 371 g/mol. The van der Waals surface area contributed by atoms with E-state index in [9.17, 15) is 14.3 Å². The van der Waals surface area contributed by atoms with Crippen molar-refractivity contribution in [3.05, 3.63) is 71.7 Å². The Morgan fingerprint density at radius 1 is 1.37 bits per heavy atom. The van der Waals surface area contributed by atoms with Gasteiger partial charge in [-0.2, -0.15) is 0 Å². The van der Waals surface area contributed by atoms with E-state index in [-0.39, 0.29) is 27.9 Å². The van der Waals surface area contributed by atoms with Crippen molar-refractivity contribution in [2.24, 2.45) is 0 Å². The molecule has 0 aliphatic heterocycles. The van der Waals surface area contributed by atoms with Crippen molar-refractivity contribution in [1.29, 1.82) is 0 Å². The predicted octanol–water partition coefficient (Wildman–Crippen LogP) is 4.81. The second kappa shape index (κ2) is 7.67. The van der Waals surface area contributed by atoms with Crippen molar-refractivity contribution in [2.45, 2.75) is 18.8 Å². The van der Waals surface area contributed by atoms with Crippen LogP contribution in [-0.4, -0.2) is 26.0 Å². The fourth-order valence-corrected chi connectivity index (χ4v) is 2.65. The highest BCUT2D eigenvalue weighted by atomic mass is 35.5. The number of aromatic nitrogens is 3. The maximum Gasteiger partial charge on any atom is 0.339 e. The van der Waals surface area contributed by atoms with E-state index in [1.807, 2.05) is 0 Å². The van der Waals surface area contributed by atoms with Crippen molar-refractivity contribution in [3.63, 3.8) is 0 Å². The van der Waals surface area contributed by atoms with Gasteiger partial charge in [0.25, 0.3) is 0 Å². The first-order chi connectivity index (χ1) is 12.9. The number of carboxylic acids is 1. The largest absolute Gasteiger partial charge is 0.478 e. The standard InChI is InChI=1S/C19H16ClFN4O2/c1-10(20)7-13(11(2)21)17-23-9-14(12-3-4-12)18(25-17)24-16-5-6-22-8-15(16)19(26)27/h5-9,12H,1-4H2,(H,26,27)(H,22,23,24,25)/b13-7+. The normalized spacial score (nSPS) is 13.9. The van der Waals surface area contributed by atoms with E-state index in [0.717, 1.165) is 18.4 Å². The van der Waals surface area contributed by atoms with Crippen LogP contribution >= 0.6 is 11.6 Å². The number of rotatable bonds is 7. The molecule has 8 heteroatoms. The number of allylic oxidation sites excluding steroid dienone is 4. The Morgan fingerprint density at radius 3 is 2.70 bits per heavy atom. The Kier molecular flexibility index (Phi) is 5.32. The van der Waals surface area contributed by atoms with Gasteiger partial charge in [-0.3, -0.25) is 4.98 Å². The molecule has 27 heavy (non-hydrogen) atoms. The zero-order chi connectivity index (χ0) is 19.6. The molecule has 2 N–H and O–H groups in total. The fraction of sp³-hybridized carbons (Fsp3) is 0.158. The minimum Gasteiger partial charge on any atom is -0.478 e. The van der Waals surface area contributed by atoms with E-state index in [0.29, 0.717) is 11.5 Å². The molecule has 2 aromatic rings. The van der Waals surface area contributed by atoms with Crippen LogP contribution in [0.2, 0.25) is 0 Å². The third-order valence-electron chi connectivity index (χ3n) is 3.97. The summed E-state index contributed by atoms with van der Waals surface area (Å²) in [6, 6.07) is 1.54. The lowest BCUT2D eigenvalue weighted by molar-refractivity contribution is 0.0697. The Bertz CT molecular complexity index is 970. The van der Waals surface area contributed by atoms with Crippen LogP contribution in [0.4, 0.5) is 15.9 Å². The minimum atomic E-state index is -1.12. The molecule has 1 saturated carbocycles. The number of hydrogen-bond acceptors (Lipinski definition) is 5. The lowest BCUT2D eigenvalue weighted by Crippen LogP contribution is -2.08. The number of nitrogens with zero attached hydrogens (tertiary/aromatic N) is 3. The molecule has 3 rings (SSSR count). The Hall–Kier alpha value is -3.06. The van der Waals surface area contributed by atoms with Gasteiger partial charge in [0.15, 0.2) is 5.82 Å². The van der Waals surface area contributed by atoms with Gasteiger partial charge in [0, 0.05) is 29.2 Å². The summed E-state index contributed by atoms with van der Waals surface area (Å²) in [7, 11) is 0. The molecule has 6 nitrogen and oxygen atoms in total. The van der Waals surface area contributed by atoms with Gasteiger partial charge < -0.3 is 10.4 Å². The lowest BCUT2D eigenvalue weighted by Gasteiger charge is -2.14. The maximum atomic E-state index is 13.9. The van der Waals surface area contributed by atoms with E-state index < -0.39 is 11.8 Å². The number of nitrogens with one attached hydrogen (secondary N) is 1. The quantitative estimate of drug-likeness (QED) is 0.664. The molecule has 0 spiro atoms. The number of carbonyl (C=O) groups is 1. The SMILES string of the molecule is C=C(Cl)/C=C(\C(=C)F)c1ncc(C2CC2)c(Nc2ccncc2C(=O)O)n1. The Labute approximate surface area is 160 Å². The summed E-state index contributed by atoms with van der Waals surface area (Å²) in [4.78, 5) is 23.9. The van der Waals surface area contributed by atoms with Gasteiger partial charge in [-0.15, -0.1) is 0 Å². The first-order valence-electron chi connectivity index (χ1n) is 8.09. The van der Waals surface area contributed by atoms with Gasteiger partial charge in [0.05, 0.1) is 11.3 Å². The molecule has 1 aliphatic carbocycles. The molecule has 1 aliphatic rings. The zero-order valence-corrected chi connectivity index (χ0v) is 15.0. The fourth-order valence-electron chi connectivity index (χ4n) is 2.54. The van der Waals surface area contributed by atoms with Gasteiger partial charge in [0.2, 0.25) is 0 Å². The molecular formula is C19H16ClFN4O2. The number of carboxylic acid groups (broad SMARTS) is 1. The molecule has 2 heterocycles. The molecule has 0 bridgehead atoms. The molecule has 0 unspecified atom stereocenters. The van der Waals surface area contributed by atoms with Crippen LogP contribution < -0.4 is 5.32 Å². The first kappa shape index (κ1) is 18.7. The van der Waals surface area contributed by atoms with Crippen molar-refractivity contribution in [1.82, 2.24) is 15.0 Å². The van der Waals surface area contributed by atoms with Gasteiger partial charge in [0.1, 0.15) is 17.2 Å². The monoisotopic (exact) mass is 386 g/mol. The highest BCUT2D eigenvalue weighted by Gasteiger charge is 2.28. The minimum absolute atomic E-state index is 0.000730. The summed E-state index contributed by atoms with van der Waals surface area (Å²) >= 11 is 5.76. The Morgan fingerprint density at radius 2 is 2.11 bits per heavy atom. The Balaban J connectivity index is 2.07. The summed E-state index contributed by atoms with van der Waals surface area (Å²) in [6.07, 6.45) is 7.58. The number of aromatic carboxylic acids is 1. The van der Waals surface area contributed by atoms with Crippen LogP contribution in [0.1, 0.15) is 40.5 Å². The van der Waals surface area contributed by atoms with Crippen molar-refractivity contribution in [2.75, 3.05) is 5.32 Å². The molecule has 0 radical (unpaired) electrons. The van der Waals surface area contributed by atoms with E-state index in [1.165, 1.54) is 24.5 Å².